The second kappa shape index (κ2) is 3.44. The van der Waals surface area contributed by atoms with Crippen molar-refractivity contribution in [3.8, 4) is 0 Å². The smallest absolute Gasteiger partial charge is 0.192 e. The summed E-state index contributed by atoms with van der Waals surface area (Å²) in [6.45, 7) is 1.81. The maximum absolute atomic E-state index is 12.0. The fourth-order valence-electron chi connectivity index (χ4n) is 2.10. The van der Waals surface area contributed by atoms with Crippen LogP contribution in [0.25, 0.3) is 11.1 Å². The van der Waals surface area contributed by atoms with Gasteiger partial charge in [0, 0.05) is 18.4 Å². The summed E-state index contributed by atoms with van der Waals surface area (Å²) in [5, 5.41) is 0. The number of carbonyl (C=O) groups excluding carboxylic acids is 1. The predicted octanol–water partition coefficient (Wildman–Crippen LogP) is 3.12. The van der Waals surface area contributed by atoms with E-state index >= 15 is 0 Å². The zero-order valence-corrected chi connectivity index (χ0v) is 9.19. The quantitative estimate of drug-likeness (QED) is 0.723. The highest BCUT2D eigenvalue weighted by molar-refractivity contribution is 6.00. The van der Waals surface area contributed by atoms with Gasteiger partial charge in [-0.15, -0.1) is 0 Å². The van der Waals surface area contributed by atoms with Crippen LogP contribution in [-0.4, -0.2) is 10.8 Å². The summed E-state index contributed by atoms with van der Waals surface area (Å²) in [7, 11) is 0. The van der Waals surface area contributed by atoms with E-state index in [-0.39, 0.29) is 11.7 Å². The number of carbonyl (C=O) groups is 1. The largest absolute Gasteiger partial charge is 0.441 e. The van der Waals surface area contributed by atoms with Crippen LogP contribution in [0.4, 0.5) is 0 Å². The van der Waals surface area contributed by atoms with Gasteiger partial charge >= 0.3 is 0 Å². The molecule has 0 unspecified atom stereocenters. The van der Waals surface area contributed by atoms with Crippen molar-refractivity contribution < 1.29 is 9.21 Å². The van der Waals surface area contributed by atoms with E-state index in [0.29, 0.717) is 5.89 Å². The van der Waals surface area contributed by atoms with Crippen molar-refractivity contribution in [2.45, 2.75) is 26.2 Å². The van der Waals surface area contributed by atoms with Crippen molar-refractivity contribution in [3.63, 3.8) is 0 Å². The molecule has 0 atom stereocenters. The zero-order chi connectivity index (χ0) is 11.1. The van der Waals surface area contributed by atoms with E-state index in [9.17, 15) is 4.79 Å². The van der Waals surface area contributed by atoms with Gasteiger partial charge in [-0.2, -0.15) is 0 Å². The number of oxazole rings is 1. The van der Waals surface area contributed by atoms with Crippen LogP contribution in [0.15, 0.2) is 22.6 Å². The summed E-state index contributed by atoms with van der Waals surface area (Å²) in [6, 6.07) is 5.52. The van der Waals surface area contributed by atoms with Crippen molar-refractivity contribution in [1.29, 1.82) is 0 Å². The van der Waals surface area contributed by atoms with Crippen molar-refractivity contribution in [1.82, 2.24) is 4.98 Å². The molecule has 0 aliphatic heterocycles. The lowest BCUT2D eigenvalue weighted by Gasteiger charge is -2.23. The van der Waals surface area contributed by atoms with Gasteiger partial charge in [0.05, 0.1) is 0 Å². The Hall–Kier alpha value is -1.64. The fourth-order valence-corrected chi connectivity index (χ4v) is 2.10. The van der Waals surface area contributed by atoms with Gasteiger partial charge in [0.2, 0.25) is 0 Å². The molecule has 2 aromatic rings. The SMILES string of the molecule is Cc1nc2cc(C(=O)C3CCC3)ccc2o1. The fraction of sp³-hybridized carbons (Fsp3) is 0.385. The molecule has 0 bridgehead atoms. The van der Waals surface area contributed by atoms with Crippen molar-refractivity contribution in [3.05, 3.63) is 29.7 Å². The second-order valence-corrected chi connectivity index (χ2v) is 4.41. The molecule has 0 radical (unpaired) electrons. The third kappa shape index (κ3) is 1.43. The average molecular weight is 215 g/mol. The molecule has 1 aromatic heterocycles. The lowest BCUT2D eigenvalue weighted by molar-refractivity contribution is 0.0855. The van der Waals surface area contributed by atoms with Crippen LogP contribution in [0, 0.1) is 12.8 Å². The molecule has 0 amide bonds. The number of benzene rings is 1. The first kappa shape index (κ1) is 9.58. The molecule has 0 saturated heterocycles. The van der Waals surface area contributed by atoms with E-state index in [0.717, 1.165) is 29.5 Å². The van der Waals surface area contributed by atoms with Crippen LogP contribution in [0.3, 0.4) is 0 Å². The maximum Gasteiger partial charge on any atom is 0.192 e. The first-order valence-corrected chi connectivity index (χ1v) is 5.65. The van der Waals surface area contributed by atoms with E-state index < -0.39 is 0 Å². The normalized spacial score (nSPS) is 16.3. The molecule has 0 N–H and O–H groups in total. The molecule has 82 valence electrons. The number of Topliss-reactive ketones (excluding diaryl/α,β-unsaturated/α-hetero) is 1. The summed E-state index contributed by atoms with van der Waals surface area (Å²) >= 11 is 0. The maximum atomic E-state index is 12.0. The van der Waals surface area contributed by atoms with Crippen LogP contribution in [0.5, 0.6) is 0 Å². The molecule has 16 heavy (non-hydrogen) atoms. The Morgan fingerprint density at radius 3 is 2.94 bits per heavy atom. The first-order chi connectivity index (χ1) is 7.74. The van der Waals surface area contributed by atoms with Crippen LogP contribution >= 0.6 is 0 Å². The molecule has 0 spiro atoms. The van der Waals surface area contributed by atoms with Crippen molar-refractivity contribution >= 4 is 16.9 Å². The van der Waals surface area contributed by atoms with E-state index in [1.54, 1.807) is 0 Å². The highest BCUT2D eigenvalue weighted by Gasteiger charge is 2.26. The summed E-state index contributed by atoms with van der Waals surface area (Å²) in [5.41, 5.74) is 2.30. The van der Waals surface area contributed by atoms with Gasteiger partial charge in [0.25, 0.3) is 0 Å². The molecular weight excluding hydrogens is 202 g/mol. The molecule has 1 heterocycles. The highest BCUT2D eigenvalue weighted by Crippen LogP contribution is 2.30. The Balaban J connectivity index is 2.00. The Bertz CT molecular complexity index is 552. The second-order valence-electron chi connectivity index (χ2n) is 4.41. The van der Waals surface area contributed by atoms with Gasteiger partial charge in [-0.3, -0.25) is 4.79 Å². The van der Waals surface area contributed by atoms with E-state index in [1.165, 1.54) is 6.42 Å². The monoisotopic (exact) mass is 215 g/mol. The average Bonchev–Trinajstić information content (AvgIpc) is 2.53. The molecule has 3 rings (SSSR count). The van der Waals surface area contributed by atoms with Gasteiger partial charge in [-0.1, -0.05) is 6.42 Å². The molecular formula is C13H13NO2. The summed E-state index contributed by atoms with van der Waals surface area (Å²) < 4.78 is 5.38. The standard InChI is InChI=1S/C13H13NO2/c1-8-14-11-7-10(5-6-12(11)16-8)13(15)9-3-2-4-9/h5-7,9H,2-4H2,1H3. The van der Waals surface area contributed by atoms with E-state index in [1.807, 2.05) is 25.1 Å². The van der Waals surface area contributed by atoms with E-state index in [4.69, 9.17) is 4.42 Å². The lowest BCUT2D eigenvalue weighted by atomic mass is 9.80. The first-order valence-electron chi connectivity index (χ1n) is 5.65. The topological polar surface area (TPSA) is 43.1 Å². The summed E-state index contributed by atoms with van der Waals surface area (Å²) in [5.74, 6) is 1.14. The Morgan fingerprint density at radius 1 is 1.44 bits per heavy atom. The molecule has 1 fully saturated rings. The number of nitrogens with zero attached hydrogens (tertiary/aromatic N) is 1. The van der Waals surface area contributed by atoms with Crippen molar-refractivity contribution in [2.75, 3.05) is 0 Å². The number of rotatable bonds is 2. The summed E-state index contributed by atoms with van der Waals surface area (Å²) in [4.78, 5) is 16.3. The minimum absolute atomic E-state index is 0.241. The third-order valence-corrected chi connectivity index (χ3v) is 3.25. The third-order valence-electron chi connectivity index (χ3n) is 3.25. The van der Waals surface area contributed by atoms with Gasteiger partial charge in [-0.05, 0) is 31.0 Å². The van der Waals surface area contributed by atoms with Gasteiger partial charge < -0.3 is 4.42 Å². The van der Waals surface area contributed by atoms with Gasteiger partial charge in [-0.25, -0.2) is 4.98 Å². The number of aryl methyl sites for hydroxylation is 1. The highest BCUT2D eigenvalue weighted by atomic mass is 16.3. The minimum atomic E-state index is 0.241. The van der Waals surface area contributed by atoms with Crippen LogP contribution in [-0.2, 0) is 0 Å². The predicted molar refractivity (Wildman–Crippen MR) is 60.4 cm³/mol. The molecule has 3 heteroatoms. The summed E-state index contributed by atoms with van der Waals surface area (Å²) in [6.07, 6.45) is 3.26. The lowest BCUT2D eigenvalue weighted by Crippen LogP contribution is -2.21. The van der Waals surface area contributed by atoms with E-state index in [2.05, 4.69) is 4.98 Å². The Kier molecular flexibility index (Phi) is 2.06. The molecule has 1 aromatic carbocycles. The molecule has 3 nitrogen and oxygen atoms in total. The number of hydrogen-bond donors (Lipinski definition) is 0. The Morgan fingerprint density at radius 2 is 2.25 bits per heavy atom. The van der Waals surface area contributed by atoms with Gasteiger partial charge in [0.15, 0.2) is 17.3 Å². The Labute approximate surface area is 93.5 Å². The number of aromatic nitrogens is 1. The molecule has 1 aliphatic rings. The number of ketones is 1. The number of fused-ring (bicyclic) bond motifs is 1. The number of hydrogen-bond acceptors (Lipinski definition) is 3. The van der Waals surface area contributed by atoms with Crippen LogP contribution in [0.2, 0.25) is 0 Å². The zero-order valence-electron chi connectivity index (χ0n) is 9.19. The van der Waals surface area contributed by atoms with Crippen LogP contribution in [0.1, 0.15) is 35.5 Å². The van der Waals surface area contributed by atoms with Crippen LogP contribution < -0.4 is 0 Å². The van der Waals surface area contributed by atoms with Crippen molar-refractivity contribution in [2.24, 2.45) is 5.92 Å². The minimum Gasteiger partial charge on any atom is -0.441 e. The molecule has 1 aliphatic carbocycles. The molecule has 1 saturated carbocycles. The van der Waals surface area contributed by atoms with Gasteiger partial charge in [0.1, 0.15) is 5.52 Å².